The van der Waals surface area contributed by atoms with Crippen LogP contribution in [0.25, 0.3) is 5.69 Å². The van der Waals surface area contributed by atoms with Gasteiger partial charge in [-0.25, -0.2) is 9.37 Å². The number of benzene rings is 1. The SMILES string of the molecule is Fc1cc(Cl)cc(-n2ccnc2NC2CCCC2)c1. The van der Waals surface area contributed by atoms with Crippen molar-refractivity contribution in [3.63, 3.8) is 0 Å². The normalized spacial score (nSPS) is 15.9. The molecule has 1 aliphatic carbocycles. The lowest BCUT2D eigenvalue weighted by Crippen LogP contribution is -2.17. The van der Waals surface area contributed by atoms with Gasteiger partial charge in [-0.2, -0.15) is 0 Å². The Balaban J connectivity index is 1.90. The molecule has 5 heteroatoms. The molecule has 0 aliphatic heterocycles. The molecule has 0 amide bonds. The first-order valence-corrected chi connectivity index (χ1v) is 6.86. The van der Waals surface area contributed by atoms with Gasteiger partial charge in [-0.1, -0.05) is 24.4 Å². The molecule has 2 aromatic rings. The Morgan fingerprint density at radius 1 is 1.26 bits per heavy atom. The fourth-order valence-corrected chi connectivity index (χ4v) is 2.77. The molecule has 1 aliphatic rings. The first-order valence-electron chi connectivity index (χ1n) is 6.49. The van der Waals surface area contributed by atoms with Crippen molar-refractivity contribution in [3.05, 3.63) is 41.4 Å². The topological polar surface area (TPSA) is 29.9 Å². The van der Waals surface area contributed by atoms with E-state index in [1.165, 1.54) is 25.0 Å². The standard InChI is InChI=1S/C14H15ClFN3/c15-10-7-11(16)9-13(8-10)19-6-5-17-14(19)18-12-3-1-2-4-12/h5-9,12H,1-4H2,(H,17,18). The molecule has 0 saturated heterocycles. The van der Waals surface area contributed by atoms with Crippen LogP contribution in [-0.4, -0.2) is 15.6 Å². The number of nitrogens with zero attached hydrogens (tertiary/aromatic N) is 2. The molecule has 1 aromatic heterocycles. The third-order valence-corrected chi connectivity index (χ3v) is 3.67. The van der Waals surface area contributed by atoms with Gasteiger partial charge in [-0.15, -0.1) is 0 Å². The number of rotatable bonds is 3. The van der Waals surface area contributed by atoms with Crippen molar-refractivity contribution in [2.45, 2.75) is 31.7 Å². The summed E-state index contributed by atoms with van der Waals surface area (Å²) in [6.45, 7) is 0. The fraction of sp³-hybridized carbons (Fsp3) is 0.357. The summed E-state index contributed by atoms with van der Waals surface area (Å²) in [7, 11) is 0. The zero-order valence-corrected chi connectivity index (χ0v) is 11.2. The van der Waals surface area contributed by atoms with Crippen LogP contribution in [0, 0.1) is 5.82 Å². The molecule has 3 rings (SSSR count). The fourth-order valence-electron chi connectivity index (χ4n) is 2.55. The van der Waals surface area contributed by atoms with Crippen molar-refractivity contribution in [3.8, 4) is 5.69 Å². The lowest BCUT2D eigenvalue weighted by Gasteiger charge is -2.15. The quantitative estimate of drug-likeness (QED) is 0.920. The molecule has 0 atom stereocenters. The summed E-state index contributed by atoms with van der Waals surface area (Å²) in [6, 6.07) is 4.94. The van der Waals surface area contributed by atoms with Crippen LogP contribution in [-0.2, 0) is 0 Å². The second kappa shape index (κ2) is 5.21. The van der Waals surface area contributed by atoms with Gasteiger partial charge in [0.15, 0.2) is 0 Å². The molecule has 19 heavy (non-hydrogen) atoms. The van der Waals surface area contributed by atoms with Crippen molar-refractivity contribution in [1.82, 2.24) is 9.55 Å². The Kier molecular flexibility index (Phi) is 3.42. The van der Waals surface area contributed by atoms with Crippen LogP contribution >= 0.6 is 11.6 Å². The lowest BCUT2D eigenvalue weighted by atomic mass is 10.2. The highest BCUT2D eigenvalue weighted by atomic mass is 35.5. The molecule has 3 nitrogen and oxygen atoms in total. The number of aromatic nitrogens is 2. The van der Waals surface area contributed by atoms with Crippen LogP contribution in [0.3, 0.4) is 0 Å². The molecule has 0 bridgehead atoms. The number of hydrogen-bond donors (Lipinski definition) is 1. The van der Waals surface area contributed by atoms with Gasteiger partial charge in [0, 0.05) is 23.5 Å². The summed E-state index contributed by atoms with van der Waals surface area (Å²) < 4.78 is 15.2. The summed E-state index contributed by atoms with van der Waals surface area (Å²) in [5.41, 5.74) is 0.683. The predicted molar refractivity (Wildman–Crippen MR) is 74.4 cm³/mol. The van der Waals surface area contributed by atoms with Crippen molar-refractivity contribution in [2.24, 2.45) is 0 Å². The zero-order chi connectivity index (χ0) is 13.2. The van der Waals surface area contributed by atoms with E-state index in [0.29, 0.717) is 16.8 Å². The third-order valence-electron chi connectivity index (χ3n) is 3.45. The molecule has 1 N–H and O–H groups in total. The second-order valence-corrected chi connectivity index (χ2v) is 5.31. The minimum absolute atomic E-state index is 0.344. The van der Waals surface area contributed by atoms with Crippen LogP contribution < -0.4 is 5.32 Å². The Bertz CT molecular complexity index is 556. The minimum atomic E-state index is -0.344. The van der Waals surface area contributed by atoms with Crippen molar-refractivity contribution < 1.29 is 4.39 Å². The molecular weight excluding hydrogens is 265 g/mol. The van der Waals surface area contributed by atoms with Crippen molar-refractivity contribution in [2.75, 3.05) is 5.32 Å². The largest absolute Gasteiger partial charge is 0.353 e. The van der Waals surface area contributed by atoms with E-state index < -0.39 is 0 Å². The zero-order valence-electron chi connectivity index (χ0n) is 10.4. The first-order chi connectivity index (χ1) is 9.22. The van der Waals surface area contributed by atoms with E-state index in [9.17, 15) is 4.39 Å². The van der Waals surface area contributed by atoms with E-state index in [4.69, 9.17) is 11.6 Å². The molecule has 100 valence electrons. The molecule has 0 spiro atoms. The highest BCUT2D eigenvalue weighted by molar-refractivity contribution is 6.30. The van der Waals surface area contributed by atoms with Gasteiger partial charge in [0.2, 0.25) is 5.95 Å². The highest BCUT2D eigenvalue weighted by Gasteiger charge is 2.17. The summed E-state index contributed by atoms with van der Waals surface area (Å²) in [5.74, 6) is 0.400. The monoisotopic (exact) mass is 279 g/mol. The molecule has 0 unspecified atom stereocenters. The maximum Gasteiger partial charge on any atom is 0.207 e. The van der Waals surface area contributed by atoms with Gasteiger partial charge in [-0.3, -0.25) is 4.57 Å². The lowest BCUT2D eigenvalue weighted by molar-refractivity contribution is 0.626. The molecule has 1 fully saturated rings. The van der Waals surface area contributed by atoms with Gasteiger partial charge < -0.3 is 5.32 Å². The maximum atomic E-state index is 13.4. The third kappa shape index (κ3) is 2.73. The summed E-state index contributed by atoms with van der Waals surface area (Å²) in [4.78, 5) is 4.30. The van der Waals surface area contributed by atoms with E-state index in [2.05, 4.69) is 10.3 Å². The molecule has 0 radical (unpaired) electrons. The van der Waals surface area contributed by atoms with Gasteiger partial charge >= 0.3 is 0 Å². The Morgan fingerprint density at radius 3 is 2.79 bits per heavy atom. The van der Waals surface area contributed by atoms with Crippen molar-refractivity contribution >= 4 is 17.5 Å². The number of hydrogen-bond acceptors (Lipinski definition) is 2. The van der Waals surface area contributed by atoms with Crippen LogP contribution in [0.15, 0.2) is 30.6 Å². The number of imidazole rings is 1. The maximum absolute atomic E-state index is 13.4. The molecular formula is C14H15ClFN3. The van der Waals surface area contributed by atoms with Crippen LogP contribution in [0.1, 0.15) is 25.7 Å². The van der Waals surface area contributed by atoms with Crippen LogP contribution in [0.2, 0.25) is 5.02 Å². The first kappa shape index (κ1) is 12.5. The van der Waals surface area contributed by atoms with E-state index >= 15 is 0 Å². The van der Waals surface area contributed by atoms with E-state index in [-0.39, 0.29) is 5.82 Å². The highest BCUT2D eigenvalue weighted by Crippen LogP contribution is 2.24. The Labute approximate surface area is 116 Å². The van der Waals surface area contributed by atoms with Gasteiger partial charge in [-0.05, 0) is 31.0 Å². The van der Waals surface area contributed by atoms with E-state index in [0.717, 1.165) is 18.8 Å². The van der Waals surface area contributed by atoms with Gasteiger partial charge in [0.1, 0.15) is 5.82 Å². The smallest absolute Gasteiger partial charge is 0.207 e. The number of halogens is 2. The Hall–Kier alpha value is -1.55. The van der Waals surface area contributed by atoms with Crippen molar-refractivity contribution in [1.29, 1.82) is 0 Å². The molecule has 1 saturated carbocycles. The number of anilines is 1. The van der Waals surface area contributed by atoms with Gasteiger partial charge in [0.05, 0.1) is 5.69 Å². The van der Waals surface area contributed by atoms with Crippen LogP contribution in [0.5, 0.6) is 0 Å². The van der Waals surface area contributed by atoms with E-state index in [1.807, 2.05) is 10.8 Å². The van der Waals surface area contributed by atoms with E-state index in [1.54, 1.807) is 12.3 Å². The summed E-state index contributed by atoms with van der Waals surface area (Å²) in [5, 5.41) is 3.80. The molecule has 1 heterocycles. The average Bonchev–Trinajstić information content (AvgIpc) is 2.99. The Morgan fingerprint density at radius 2 is 2.05 bits per heavy atom. The minimum Gasteiger partial charge on any atom is -0.353 e. The molecule has 1 aromatic carbocycles. The summed E-state index contributed by atoms with van der Waals surface area (Å²) >= 11 is 5.90. The predicted octanol–water partition coefficient (Wildman–Crippen LogP) is 4.02. The number of nitrogens with one attached hydrogen (secondary N) is 1. The summed E-state index contributed by atoms with van der Waals surface area (Å²) in [6.07, 6.45) is 8.35. The van der Waals surface area contributed by atoms with Gasteiger partial charge in [0.25, 0.3) is 0 Å². The second-order valence-electron chi connectivity index (χ2n) is 4.87. The van der Waals surface area contributed by atoms with Crippen LogP contribution in [0.4, 0.5) is 10.3 Å². The average molecular weight is 280 g/mol.